The van der Waals surface area contributed by atoms with Crippen molar-refractivity contribution in [3.8, 4) is 0 Å². The Morgan fingerprint density at radius 3 is 2.54 bits per heavy atom. The predicted molar refractivity (Wildman–Crippen MR) is 144 cm³/mol. The van der Waals surface area contributed by atoms with E-state index in [9.17, 15) is 9.18 Å². The van der Waals surface area contributed by atoms with E-state index in [4.69, 9.17) is 9.16 Å². The van der Waals surface area contributed by atoms with Gasteiger partial charge in [-0.1, -0.05) is 57.2 Å². The van der Waals surface area contributed by atoms with E-state index in [0.29, 0.717) is 11.0 Å². The molecular formula is C27H38BrFN2O3Si. The number of likely N-dealkylation sites (N-methyl/N-ethyl adjacent to an activating group) is 1. The van der Waals surface area contributed by atoms with E-state index in [0.717, 1.165) is 30.6 Å². The number of carbonyl (C=O) groups excluding carboxylic acids is 1. The first kappa shape index (κ1) is 27.8. The summed E-state index contributed by atoms with van der Waals surface area (Å²) >= 11 is 3.30. The van der Waals surface area contributed by atoms with Gasteiger partial charge in [0.15, 0.2) is 8.32 Å². The molecule has 2 aromatic carbocycles. The number of likely N-dealkylation sites (tertiary alicyclic amines) is 1. The van der Waals surface area contributed by atoms with Crippen molar-refractivity contribution >= 4 is 30.3 Å². The van der Waals surface area contributed by atoms with Crippen LogP contribution >= 0.6 is 15.9 Å². The Kier molecular flexibility index (Phi) is 9.18. The van der Waals surface area contributed by atoms with Crippen LogP contribution in [0, 0.1) is 5.82 Å². The molecule has 1 saturated heterocycles. The highest BCUT2D eigenvalue weighted by Crippen LogP contribution is 2.38. The van der Waals surface area contributed by atoms with Crippen molar-refractivity contribution in [2.75, 3.05) is 26.7 Å². The maximum Gasteiger partial charge on any atom is 0.410 e. The summed E-state index contributed by atoms with van der Waals surface area (Å²) in [6.45, 7) is 13.9. The zero-order valence-electron chi connectivity index (χ0n) is 21.7. The van der Waals surface area contributed by atoms with Crippen molar-refractivity contribution in [1.29, 1.82) is 0 Å². The van der Waals surface area contributed by atoms with Crippen LogP contribution in [0.4, 0.5) is 9.18 Å². The SMILES string of the molecule is CN(C(=O)OCc1ccccc1)[C@H](CN1CC[C@@H](O[Si](C)(C)C(C)(C)C)C1)c1ccc(F)c(Br)c1. The fraction of sp³-hybridized carbons (Fsp3) is 0.519. The van der Waals surface area contributed by atoms with Gasteiger partial charge in [-0.15, -0.1) is 0 Å². The first-order valence-electron chi connectivity index (χ1n) is 12.2. The summed E-state index contributed by atoms with van der Waals surface area (Å²) in [5.41, 5.74) is 1.78. The molecule has 0 aliphatic carbocycles. The molecule has 3 rings (SSSR count). The number of nitrogens with zero attached hydrogens (tertiary/aromatic N) is 2. The zero-order chi connectivity index (χ0) is 25.8. The Hall–Kier alpha value is -1.74. The number of benzene rings is 2. The van der Waals surface area contributed by atoms with Crippen molar-refractivity contribution in [3.63, 3.8) is 0 Å². The Morgan fingerprint density at radius 2 is 1.91 bits per heavy atom. The lowest BCUT2D eigenvalue weighted by molar-refractivity contribution is 0.0819. The molecule has 0 N–H and O–H groups in total. The first-order chi connectivity index (χ1) is 16.4. The number of rotatable bonds is 8. The van der Waals surface area contributed by atoms with E-state index in [-0.39, 0.29) is 29.6 Å². The van der Waals surface area contributed by atoms with Gasteiger partial charge in [0.05, 0.1) is 16.6 Å². The molecule has 0 radical (unpaired) electrons. The topological polar surface area (TPSA) is 42.0 Å². The van der Waals surface area contributed by atoms with Gasteiger partial charge in [-0.05, 0) is 63.7 Å². The van der Waals surface area contributed by atoms with E-state index in [1.807, 2.05) is 30.3 Å². The minimum absolute atomic E-state index is 0.159. The molecule has 2 aromatic rings. The molecule has 1 aliphatic rings. The average molecular weight is 566 g/mol. The molecule has 8 heteroatoms. The van der Waals surface area contributed by atoms with Gasteiger partial charge in [0, 0.05) is 26.7 Å². The van der Waals surface area contributed by atoms with Gasteiger partial charge in [-0.2, -0.15) is 0 Å². The largest absolute Gasteiger partial charge is 0.445 e. The molecule has 2 atom stereocenters. The molecular weight excluding hydrogens is 527 g/mol. The van der Waals surface area contributed by atoms with Gasteiger partial charge in [0.2, 0.25) is 0 Å². The van der Waals surface area contributed by atoms with Gasteiger partial charge < -0.3 is 14.1 Å². The Labute approximate surface area is 218 Å². The number of carbonyl (C=O) groups is 1. The van der Waals surface area contributed by atoms with Gasteiger partial charge in [0.1, 0.15) is 12.4 Å². The van der Waals surface area contributed by atoms with Gasteiger partial charge in [0.25, 0.3) is 0 Å². The Bertz CT molecular complexity index is 1000. The zero-order valence-corrected chi connectivity index (χ0v) is 24.3. The third kappa shape index (κ3) is 7.38. The molecule has 1 heterocycles. The summed E-state index contributed by atoms with van der Waals surface area (Å²) in [6, 6.07) is 14.3. The monoisotopic (exact) mass is 564 g/mol. The van der Waals surface area contributed by atoms with Crippen LogP contribution < -0.4 is 0 Å². The highest BCUT2D eigenvalue weighted by Gasteiger charge is 2.41. The van der Waals surface area contributed by atoms with Crippen LogP contribution in [-0.2, 0) is 15.8 Å². The summed E-state index contributed by atoms with van der Waals surface area (Å²) in [5, 5.41) is 0.159. The Balaban J connectivity index is 1.71. The lowest BCUT2D eigenvalue weighted by atomic mass is 10.1. The van der Waals surface area contributed by atoms with Crippen LogP contribution in [0.15, 0.2) is 53.0 Å². The molecule has 5 nitrogen and oxygen atoms in total. The quantitative estimate of drug-likeness (QED) is 0.324. The summed E-state index contributed by atoms with van der Waals surface area (Å²) < 4.78 is 26.6. The maximum atomic E-state index is 14.0. The van der Waals surface area contributed by atoms with Gasteiger partial charge in [-0.25, -0.2) is 9.18 Å². The molecule has 0 bridgehead atoms. The number of halogens is 2. The van der Waals surface area contributed by atoms with Crippen molar-refractivity contribution in [3.05, 3.63) is 69.9 Å². The lowest BCUT2D eigenvalue weighted by Crippen LogP contribution is -2.45. The molecule has 1 aliphatic heterocycles. The molecule has 35 heavy (non-hydrogen) atoms. The van der Waals surface area contributed by atoms with E-state index in [2.05, 4.69) is 54.7 Å². The fourth-order valence-corrected chi connectivity index (χ4v) is 5.79. The van der Waals surface area contributed by atoms with Crippen LogP contribution in [0.3, 0.4) is 0 Å². The van der Waals surface area contributed by atoms with Crippen LogP contribution in [0.1, 0.15) is 44.4 Å². The minimum atomic E-state index is -1.86. The smallest absolute Gasteiger partial charge is 0.410 e. The summed E-state index contributed by atoms with van der Waals surface area (Å²) in [6.07, 6.45) is 0.744. The third-order valence-electron chi connectivity index (χ3n) is 7.22. The Morgan fingerprint density at radius 1 is 1.23 bits per heavy atom. The number of hydrogen-bond acceptors (Lipinski definition) is 4. The van der Waals surface area contributed by atoms with Gasteiger partial charge >= 0.3 is 6.09 Å². The second-order valence-electron chi connectivity index (χ2n) is 10.9. The molecule has 1 fully saturated rings. The molecule has 1 amide bonds. The summed E-state index contributed by atoms with van der Waals surface area (Å²) in [4.78, 5) is 16.9. The van der Waals surface area contributed by atoms with Crippen molar-refractivity contribution in [2.24, 2.45) is 0 Å². The first-order valence-corrected chi connectivity index (χ1v) is 15.9. The van der Waals surface area contributed by atoms with E-state index in [1.54, 1.807) is 24.1 Å². The van der Waals surface area contributed by atoms with Gasteiger partial charge in [-0.3, -0.25) is 4.90 Å². The maximum absolute atomic E-state index is 14.0. The summed E-state index contributed by atoms with van der Waals surface area (Å²) in [5.74, 6) is -0.328. The predicted octanol–water partition coefficient (Wildman–Crippen LogP) is 6.99. The molecule has 0 unspecified atom stereocenters. The molecule has 0 spiro atoms. The third-order valence-corrected chi connectivity index (χ3v) is 12.4. The van der Waals surface area contributed by atoms with Crippen molar-refractivity contribution in [1.82, 2.24) is 9.80 Å². The van der Waals surface area contributed by atoms with E-state index >= 15 is 0 Å². The second kappa shape index (κ2) is 11.5. The second-order valence-corrected chi connectivity index (χ2v) is 16.5. The molecule has 0 aromatic heterocycles. The van der Waals surface area contributed by atoms with E-state index in [1.165, 1.54) is 6.07 Å². The van der Waals surface area contributed by atoms with E-state index < -0.39 is 14.4 Å². The summed E-state index contributed by atoms with van der Waals surface area (Å²) in [7, 11) is -0.114. The number of hydrogen-bond donors (Lipinski definition) is 0. The van der Waals surface area contributed by atoms with Crippen molar-refractivity contribution in [2.45, 2.75) is 64.1 Å². The van der Waals surface area contributed by atoms with Crippen LogP contribution in [0.5, 0.6) is 0 Å². The van der Waals surface area contributed by atoms with Crippen molar-refractivity contribution < 1.29 is 18.3 Å². The normalized spacial score (nSPS) is 17.9. The fourth-order valence-electron chi connectivity index (χ4n) is 4.02. The minimum Gasteiger partial charge on any atom is -0.445 e. The van der Waals surface area contributed by atoms with Crippen LogP contribution in [-0.4, -0.2) is 57.0 Å². The molecule has 192 valence electrons. The average Bonchev–Trinajstić information content (AvgIpc) is 3.23. The van der Waals surface area contributed by atoms with Crippen LogP contribution in [0.25, 0.3) is 0 Å². The standard InChI is InChI=1S/C27H38BrFN2O3Si/c1-27(2,3)35(5,6)34-22-14-15-31(17-22)18-25(21-12-13-24(29)23(28)16-21)30(4)26(32)33-19-20-10-8-7-9-11-20/h7-13,16,22,25H,14-15,17-19H2,1-6H3/t22-,25-/m1/s1. The highest BCUT2D eigenvalue weighted by atomic mass is 79.9. The van der Waals surface area contributed by atoms with Crippen LogP contribution in [0.2, 0.25) is 18.1 Å². The highest BCUT2D eigenvalue weighted by molar-refractivity contribution is 9.10. The number of ether oxygens (including phenoxy) is 1. The lowest BCUT2D eigenvalue weighted by Gasteiger charge is -2.38. The molecule has 0 saturated carbocycles. The number of amides is 1.